The Morgan fingerprint density at radius 2 is 1.89 bits per heavy atom. The van der Waals surface area contributed by atoms with Gasteiger partial charge >= 0.3 is 6.36 Å². The predicted molar refractivity (Wildman–Crippen MR) is 89.4 cm³/mol. The number of alkyl halides is 3. The molecule has 138 valence electrons. The molecule has 0 atom stereocenters. The number of carbonyl (C=O) groups excluding carboxylic acids is 1. The zero-order chi connectivity index (χ0) is 19.0. The maximum absolute atomic E-state index is 12.5. The molecule has 0 saturated carbocycles. The quantitative estimate of drug-likeness (QED) is 0.722. The molecule has 6 nitrogen and oxygen atoms in total. The van der Waals surface area contributed by atoms with E-state index in [2.05, 4.69) is 20.3 Å². The van der Waals surface area contributed by atoms with Crippen molar-refractivity contribution in [2.24, 2.45) is 0 Å². The number of para-hydroxylation sites is 1. The molecule has 2 N–H and O–H groups in total. The van der Waals surface area contributed by atoms with E-state index in [0.29, 0.717) is 22.7 Å². The number of nitrogens with one attached hydrogen (secondary N) is 2. The van der Waals surface area contributed by atoms with Crippen molar-refractivity contribution in [2.75, 3.05) is 5.32 Å². The highest BCUT2D eigenvalue weighted by molar-refractivity contribution is 6.05. The number of hydrogen-bond donors (Lipinski definition) is 2. The van der Waals surface area contributed by atoms with Crippen LogP contribution in [0.4, 0.5) is 18.9 Å². The van der Waals surface area contributed by atoms with Crippen LogP contribution in [0.1, 0.15) is 16.1 Å². The molecular formula is C18H12F3N3O3. The summed E-state index contributed by atoms with van der Waals surface area (Å²) in [6.45, 7) is 0.184. The number of nitrogens with zero attached hydrogens (tertiary/aromatic N) is 1. The summed E-state index contributed by atoms with van der Waals surface area (Å²) in [7, 11) is 0. The molecule has 3 aromatic rings. The van der Waals surface area contributed by atoms with Crippen molar-refractivity contribution in [1.29, 1.82) is 0 Å². The molecule has 27 heavy (non-hydrogen) atoms. The van der Waals surface area contributed by atoms with Gasteiger partial charge in [-0.25, -0.2) is 0 Å². The van der Waals surface area contributed by atoms with Crippen LogP contribution in [0.3, 0.4) is 0 Å². The van der Waals surface area contributed by atoms with E-state index in [1.54, 1.807) is 0 Å². The third-order valence-corrected chi connectivity index (χ3v) is 3.95. The van der Waals surface area contributed by atoms with Crippen LogP contribution in [-0.4, -0.2) is 22.5 Å². The molecule has 1 aliphatic rings. The van der Waals surface area contributed by atoms with Gasteiger partial charge in [-0.1, -0.05) is 12.1 Å². The summed E-state index contributed by atoms with van der Waals surface area (Å²) in [6.07, 6.45) is -4.77. The number of amides is 1. The Bertz CT molecular complexity index is 997. The number of hydrogen-bond acceptors (Lipinski definition) is 4. The van der Waals surface area contributed by atoms with Crippen molar-refractivity contribution in [3.8, 4) is 22.8 Å². The molecule has 1 aromatic heterocycles. The summed E-state index contributed by atoms with van der Waals surface area (Å²) < 4.78 is 46.0. The number of anilines is 1. The Labute approximate surface area is 150 Å². The molecule has 1 aliphatic heterocycles. The fraction of sp³-hybridized carbons (Fsp3) is 0.111. The van der Waals surface area contributed by atoms with E-state index < -0.39 is 12.3 Å². The van der Waals surface area contributed by atoms with Crippen LogP contribution in [0.5, 0.6) is 11.5 Å². The molecule has 0 spiro atoms. The Hall–Kier alpha value is -3.49. The van der Waals surface area contributed by atoms with Crippen LogP contribution in [0.25, 0.3) is 11.3 Å². The van der Waals surface area contributed by atoms with Gasteiger partial charge in [-0.15, -0.1) is 13.2 Å². The summed E-state index contributed by atoms with van der Waals surface area (Å²) in [5.74, 6) is -0.163. The van der Waals surface area contributed by atoms with Crippen molar-refractivity contribution in [1.82, 2.24) is 10.2 Å². The average Bonchev–Trinajstić information content (AvgIpc) is 3.07. The molecule has 0 bridgehead atoms. The molecule has 0 saturated heterocycles. The van der Waals surface area contributed by atoms with Crippen LogP contribution in [-0.2, 0) is 6.61 Å². The maximum Gasteiger partial charge on any atom is 0.573 e. The highest BCUT2D eigenvalue weighted by Gasteiger charge is 2.31. The summed E-state index contributed by atoms with van der Waals surface area (Å²) in [4.78, 5) is 12.5. The van der Waals surface area contributed by atoms with Crippen LogP contribution < -0.4 is 14.8 Å². The number of carbonyl (C=O) groups is 1. The average molecular weight is 375 g/mol. The summed E-state index contributed by atoms with van der Waals surface area (Å²) in [5, 5.41) is 9.51. The molecule has 0 unspecified atom stereocenters. The second kappa shape index (κ2) is 6.35. The summed E-state index contributed by atoms with van der Waals surface area (Å²) in [5.41, 5.74) is 2.58. The van der Waals surface area contributed by atoms with Gasteiger partial charge in [-0.2, -0.15) is 5.10 Å². The van der Waals surface area contributed by atoms with E-state index in [1.807, 2.05) is 24.3 Å². The van der Waals surface area contributed by atoms with Crippen molar-refractivity contribution in [3.63, 3.8) is 0 Å². The summed E-state index contributed by atoms with van der Waals surface area (Å²) in [6, 6.07) is 12.2. The van der Waals surface area contributed by atoms with Gasteiger partial charge in [0, 0.05) is 16.8 Å². The first-order valence-corrected chi connectivity index (χ1v) is 7.87. The Morgan fingerprint density at radius 1 is 1.15 bits per heavy atom. The van der Waals surface area contributed by atoms with E-state index in [1.165, 1.54) is 12.1 Å². The first kappa shape index (κ1) is 17.0. The largest absolute Gasteiger partial charge is 0.573 e. The van der Waals surface area contributed by atoms with Gasteiger partial charge in [0.05, 0.1) is 0 Å². The Balaban J connectivity index is 1.53. The summed E-state index contributed by atoms with van der Waals surface area (Å²) >= 11 is 0. The Morgan fingerprint density at radius 3 is 2.63 bits per heavy atom. The molecule has 0 radical (unpaired) electrons. The van der Waals surface area contributed by atoms with Crippen molar-refractivity contribution in [3.05, 3.63) is 59.8 Å². The van der Waals surface area contributed by atoms with Gasteiger partial charge in [0.2, 0.25) is 0 Å². The Kier molecular flexibility index (Phi) is 3.98. The first-order chi connectivity index (χ1) is 12.9. The first-order valence-electron chi connectivity index (χ1n) is 7.87. The highest BCUT2D eigenvalue weighted by atomic mass is 19.4. The number of fused-ring (bicyclic) bond motifs is 3. The number of ether oxygens (including phenoxy) is 2. The fourth-order valence-electron chi connectivity index (χ4n) is 2.79. The van der Waals surface area contributed by atoms with Crippen LogP contribution in [0.2, 0.25) is 0 Å². The predicted octanol–water partition coefficient (Wildman–Crippen LogP) is 4.12. The number of aromatic nitrogens is 2. The number of aromatic amines is 1. The molecule has 4 rings (SSSR count). The van der Waals surface area contributed by atoms with Gasteiger partial charge in [0.1, 0.15) is 29.5 Å². The van der Waals surface area contributed by atoms with Crippen molar-refractivity contribution in [2.45, 2.75) is 13.0 Å². The molecular weight excluding hydrogens is 363 g/mol. The van der Waals surface area contributed by atoms with E-state index in [9.17, 15) is 18.0 Å². The molecule has 0 fully saturated rings. The lowest BCUT2D eigenvalue weighted by Gasteiger charge is -2.17. The smallest absolute Gasteiger partial charge is 0.488 e. The minimum atomic E-state index is -4.77. The number of benzene rings is 2. The van der Waals surface area contributed by atoms with Gasteiger partial charge in [-0.05, 0) is 36.4 Å². The lowest BCUT2D eigenvalue weighted by molar-refractivity contribution is -0.274. The highest BCUT2D eigenvalue weighted by Crippen LogP contribution is 2.37. The van der Waals surface area contributed by atoms with Gasteiger partial charge in [0.25, 0.3) is 5.91 Å². The van der Waals surface area contributed by atoms with Crippen LogP contribution >= 0.6 is 0 Å². The van der Waals surface area contributed by atoms with E-state index in [-0.39, 0.29) is 18.1 Å². The van der Waals surface area contributed by atoms with E-state index in [0.717, 1.165) is 17.7 Å². The minimum Gasteiger partial charge on any atom is -0.488 e. The molecule has 0 aliphatic carbocycles. The zero-order valence-corrected chi connectivity index (χ0v) is 13.6. The zero-order valence-electron chi connectivity index (χ0n) is 13.6. The van der Waals surface area contributed by atoms with Gasteiger partial charge in [-0.3, -0.25) is 9.89 Å². The van der Waals surface area contributed by atoms with Crippen LogP contribution in [0.15, 0.2) is 48.5 Å². The maximum atomic E-state index is 12.5. The van der Waals surface area contributed by atoms with Crippen molar-refractivity contribution >= 4 is 11.6 Å². The van der Waals surface area contributed by atoms with Crippen molar-refractivity contribution < 1.29 is 27.4 Å². The van der Waals surface area contributed by atoms with E-state index in [4.69, 9.17) is 4.74 Å². The second-order valence-corrected chi connectivity index (χ2v) is 5.74. The fourth-order valence-corrected chi connectivity index (χ4v) is 2.79. The van der Waals surface area contributed by atoms with Gasteiger partial charge in [0.15, 0.2) is 0 Å². The van der Waals surface area contributed by atoms with Crippen LogP contribution in [0, 0.1) is 0 Å². The lowest BCUT2D eigenvalue weighted by Crippen LogP contribution is -2.17. The molecule has 1 amide bonds. The second-order valence-electron chi connectivity index (χ2n) is 5.74. The molecule has 2 heterocycles. The normalized spacial score (nSPS) is 12.6. The monoisotopic (exact) mass is 375 g/mol. The minimum absolute atomic E-state index is 0.184. The topological polar surface area (TPSA) is 76.2 Å². The molecule has 9 heteroatoms. The SMILES string of the molecule is O=C(Nc1ccc(OC(F)(F)F)cc1)c1[nH]nc2c1COc1ccccc1-2. The number of halogens is 3. The third-order valence-electron chi connectivity index (χ3n) is 3.95. The lowest BCUT2D eigenvalue weighted by atomic mass is 10.0. The molecule has 2 aromatic carbocycles. The standard InChI is InChI=1S/C18H12F3N3O3/c19-18(20,21)27-11-7-5-10(6-8-11)22-17(25)16-13-9-26-14-4-2-1-3-12(14)15(13)23-24-16/h1-8H,9H2,(H,22,25)(H,23,24). The number of rotatable bonds is 3. The third kappa shape index (κ3) is 3.43. The van der Waals surface area contributed by atoms with Gasteiger partial charge < -0.3 is 14.8 Å². The number of H-pyrrole nitrogens is 1. The van der Waals surface area contributed by atoms with E-state index >= 15 is 0 Å².